The molecule has 0 aliphatic carbocycles. The summed E-state index contributed by atoms with van der Waals surface area (Å²) in [6.07, 6.45) is 0. The Morgan fingerprint density at radius 1 is 1.80 bits per heavy atom. The quantitative estimate of drug-likeness (QED) is 0.400. The number of rotatable bonds is 0. The molecule has 0 radical (unpaired) electrons. The van der Waals surface area contributed by atoms with E-state index in [9.17, 15) is 4.79 Å². The fourth-order valence-corrected chi connectivity index (χ4v) is 2.64. The van der Waals surface area contributed by atoms with Crippen LogP contribution in [0.25, 0.3) is 0 Å². The summed E-state index contributed by atoms with van der Waals surface area (Å²) >= 11 is 1.76. The van der Waals surface area contributed by atoms with E-state index in [4.69, 9.17) is 5.73 Å². The molecule has 0 aromatic heterocycles. The van der Waals surface area contributed by atoms with Gasteiger partial charge in [0.2, 0.25) is 0 Å². The molecule has 2 amide bonds. The Hall–Kier alpha value is -0.420. The maximum Gasteiger partial charge on any atom is 0.316 e. The van der Waals surface area contributed by atoms with Crippen molar-refractivity contribution >= 4 is 17.8 Å². The number of hydrogen-bond donors (Lipinski definition) is 3. The van der Waals surface area contributed by atoms with Gasteiger partial charge in [-0.05, 0) is 0 Å². The Labute approximate surface area is 62.9 Å². The van der Waals surface area contributed by atoms with Crippen LogP contribution in [0.15, 0.2) is 0 Å². The molecule has 5 heteroatoms. The first-order chi connectivity index (χ1) is 4.71. The molecule has 2 atom stereocenters. The largest absolute Gasteiger partial charge is 0.331 e. The Balaban J connectivity index is 2.22. The van der Waals surface area contributed by atoms with Crippen molar-refractivity contribution in [1.29, 1.82) is 0 Å². The van der Waals surface area contributed by atoms with Crippen LogP contribution in [0, 0.1) is 0 Å². The van der Waals surface area contributed by atoms with Crippen LogP contribution in [0.2, 0.25) is 0 Å². The number of hydrogen-bond acceptors (Lipinski definition) is 3. The second-order valence-electron chi connectivity index (χ2n) is 2.71. The zero-order chi connectivity index (χ0) is 7.19. The Kier molecular flexibility index (Phi) is 1.13. The fourth-order valence-electron chi connectivity index (χ4n) is 1.29. The molecule has 2 saturated heterocycles. The minimum atomic E-state index is -0.470. The number of carbonyl (C=O) groups is 1. The van der Waals surface area contributed by atoms with Gasteiger partial charge in [0.05, 0.1) is 6.04 Å². The lowest BCUT2D eigenvalue weighted by Crippen LogP contribution is -2.56. The highest BCUT2D eigenvalue weighted by atomic mass is 32.2. The van der Waals surface area contributed by atoms with Gasteiger partial charge in [0.1, 0.15) is 5.66 Å². The molecule has 0 bridgehead atoms. The second kappa shape index (κ2) is 1.79. The Morgan fingerprint density at radius 2 is 2.60 bits per heavy atom. The maximum atomic E-state index is 10.8. The lowest BCUT2D eigenvalue weighted by Gasteiger charge is -2.20. The number of thioether (sulfide) groups is 1. The van der Waals surface area contributed by atoms with E-state index in [0.717, 1.165) is 11.5 Å². The van der Waals surface area contributed by atoms with Gasteiger partial charge in [-0.15, -0.1) is 0 Å². The van der Waals surface area contributed by atoms with Gasteiger partial charge in [-0.1, -0.05) is 0 Å². The molecule has 2 heterocycles. The molecular formula is C5H9N3OS. The highest BCUT2D eigenvalue weighted by Gasteiger charge is 2.47. The van der Waals surface area contributed by atoms with Gasteiger partial charge in [-0.25, -0.2) is 4.79 Å². The molecule has 10 heavy (non-hydrogen) atoms. The first-order valence-corrected chi connectivity index (χ1v) is 4.31. The van der Waals surface area contributed by atoms with Crippen LogP contribution in [0.4, 0.5) is 4.79 Å². The maximum absolute atomic E-state index is 10.8. The molecule has 2 unspecified atom stereocenters. The molecule has 4 N–H and O–H groups in total. The van der Waals surface area contributed by atoms with Crippen molar-refractivity contribution in [3.63, 3.8) is 0 Å². The van der Waals surface area contributed by atoms with Gasteiger partial charge in [0, 0.05) is 11.5 Å². The lowest BCUT2D eigenvalue weighted by molar-refractivity contribution is 0.245. The van der Waals surface area contributed by atoms with Gasteiger partial charge in [-0.3, -0.25) is 0 Å². The number of fused-ring (bicyclic) bond motifs is 1. The Bertz CT molecular complexity index is 186. The van der Waals surface area contributed by atoms with Gasteiger partial charge in [0.15, 0.2) is 0 Å². The molecule has 2 rings (SSSR count). The summed E-state index contributed by atoms with van der Waals surface area (Å²) in [6.45, 7) is 0. The summed E-state index contributed by atoms with van der Waals surface area (Å²) in [4.78, 5) is 10.8. The number of carbonyl (C=O) groups excluding carboxylic acids is 1. The first kappa shape index (κ1) is 6.30. The molecule has 0 aromatic rings. The summed E-state index contributed by atoms with van der Waals surface area (Å²) < 4.78 is 0. The Morgan fingerprint density at radius 3 is 3.30 bits per heavy atom. The van der Waals surface area contributed by atoms with Crippen molar-refractivity contribution in [2.75, 3.05) is 11.5 Å². The van der Waals surface area contributed by atoms with Gasteiger partial charge in [0.25, 0.3) is 0 Å². The SMILES string of the molecule is NC12CSCC1NC(=O)N2. The summed E-state index contributed by atoms with van der Waals surface area (Å²) in [6, 6.07) is -0.00204. The van der Waals surface area contributed by atoms with E-state index in [1.807, 2.05) is 0 Å². The van der Waals surface area contributed by atoms with Gasteiger partial charge >= 0.3 is 6.03 Å². The summed E-state index contributed by atoms with van der Waals surface area (Å²) in [5.41, 5.74) is 5.37. The highest BCUT2D eigenvalue weighted by molar-refractivity contribution is 7.99. The van der Waals surface area contributed by atoms with E-state index in [-0.39, 0.29) is 12.1 Å². The summed E-state index contributed by atoms with van der Waals surface area (Å²) in [5, 5.41) is 5.46. The van der Waals surface area contributed by atoms with Crippen LogP contribution in [-0.4, -0.2) is 29.2 Å². The average molecular weight is 159 g/mol. The fraction of sp³-hybridized carbons (Fsp3) is 0.800. The predicted octanol–water partition coefficient (Wildman–Crippen LogP) is -0.930. The van der Waals surface area contributed by atoms with Crippen LogP contribution in [0.3, 0.4) is 0 Å². The van der Waals surface area contributed by atoms with E-state index in [0.29, 0.717) is 0 Å². The van der Waals surface area contributed by atoms with Gasteiger partial charge < -0.3 is 16.4 Å². The summed E-state index contributed by atoms with van der Waals surface area (Å²) in [5.74, 6) is 1.74. The summed E-state index contributed by atoms with van der Waals surface area (Å²) in [7, 11) is 0. The van der Waals surface area contributed by atoms with Crippen molar-refractivity contribution in [1.82, 2.24) is 10.6 Å². The third kappa shape index (κ3) is 0.705. The zero-order valence-electron chi connectivity index (χ0n) is 5.39. The van der Waals surface area contributed by atoms with Crippen molar-refractivity contribution in [2.24, 2.45) is 5.73 Å². The highest BCUT2D eigenvalue weighted by Crippen LogP contribution is 2.26. The molecule has 2 aliphatic rings. The minimum absolute atomic E-state index is 0.130. The molecule has 2 fully saturated rings. The molecule has 0 spiro atoms. The number of urea groups is 1. The van der Waals surface area contributed by atoms with Crippen LogP contribution in [0.5, 0.6) is 0 Å². The molecule has 0 saturated carbocycles. The standard InChI is InChI=1S/C5H9N3OS/c6-5-2-10-1-3(5)7-4(9)8-5/h3H,1-2,6H2,(H2,7,8,9). The van der Waals surface area contributed by atoms with Crippen LogP contribution in [0.1, 0.15) is 0 Å². The first-order valence-electron chi connectivity index (χ1n) is 3.16. The number of amides is 2. The van der Waals surface area contributed by atoms with Crippen LogP contribution < -0.4 is 16.4 Å². The molecular weight excluding hydrogens is 150 g/mol. The topological polar surface area (TPSA) is 67.1 Å². The normalized spacial score (nSPS) is 44.5. The smallest absolute Gasteiger partial charge is 0.316 e. The molecule has 0 aromatic carbocycles. The number of nitrogens with one attached hydrogen (secondary N) is 2. The zero-order valence-corrected chi connectivity index (χ0v) is 6.20. The predicted molar refractivity (Wildman–Crippen MR) is 39.7 cm³/mol. The van der Waals surface area contributed by atoms with Crippen molar-refractivity contribution in [3.8, 4) is 0 Å². The van der Waals surface area contributed by atoms with E-state index >= 15 is 0 Å². The number of nitrogens with two attached hydrogens (primary N) is 1. The van der Waals surface area contributed by atoms with Crippen molar-refractivity contribution in [2.45, 2.75) is 11.7 Å². The van der Waals surface area contributed by atoms with E-state index in [1.54, 1.807) is 11.8 Å². The third-order valence-electron chi connectivity index (χ3n) is 1.90. The van der Waals surface area contributed by atoms with Crippen molar-refractivity contribution in [3.05, 3.63) is 0 Å². The van der Waals surface area contributed by atoms with Crippen LogP contribution >= 0.6 is 11.8 Å². The lowest BCUT2D eigenvalue weighted by atomic mass is 10.1. The van der Waals surface area contributed by atoms with Gasteiger partial charge in [-0.2, -0.15) is 11.8 Å². The van der Waals surface area contributed by atoms with Crippen molar-refractivity contribution < 1.29 is 4.79 Å². The van der Waals surface area contributed by atoms with E-state index in [1.165, 1.54) is 0 Å². The molecule has 2 aliphatic heterocycles. The third-order valence-corrected chi connectivity index (χ3v) is 3.15. The molecule has 56 valence electrons. The minimum Gasteiger partial charge on any atom is -0.331 e. The van der Waals surface area contributed by atoms with E-state index in [2.05, 4.69) is 10.6 Å². The van der Waals surface area contributed by atoms with Crippen LogP contribution in [-0.2, 0) is 0 Å². The van der Waals surface area contributed by atoms with E-state index < -0.39 is 5.66 Å². The monoisotopic (exact) mass is 159 g/mol. The second-order valence-corrected chi connectivity index (χ2v) is 3.74. The molecule has 4 nitrogen and oxygen atoms in total. The average Bonchev–Trinajstić information content (AvgIpc) is 2.20.